The van der Waals surface area contributed by atoms with E-state index in [0.717, 1.165) is 18.0 Å². The molecule has 0 fully saturated rings. The fourth-order valence-electron chi connectivity index (χ4n) is 1.87. The van der Waals surface area contributed by atoms with Gasteiger partial charge in [-0.25, -0.2) is 0 Å². The van der Waals surface area contributed by atoms with E-state index in [1.54, 1.807) is 18.4 Å². The van der Waals surface area contributed by atoms with E-state index in [9.17, 15) is 0 Å². The summed E-state index contributed by atoms with van der Waals surface area (Å²) in [5.41, 5.74) is 1.31. The lowest BCUT2D eigenvalue weighted by Gasteiger charge is -2.18. The van der Waals surface area contributed by atoms with Gasteiger partial charge in [-0.3, -0.25) is 0 Å². The summed E-state index contributed by atoms with van der Waals surface area (Å²) in [6.45, 7) is 3.12. The van der Waals surface area contributed by atoms with Crippen molar-refractivity contribution in [2.45, 2.75) is 17.2 Å². The van der Waals surface area contributed by atoms with Gasteiger partial charge in [0.1, 0.15) is 5.75 Å². The molecule has 1 atom stereocenters. The van der Waals surface area contributed by atoms with Crippen LogP contribution in [0.25, 0.3) is 0 Å². The van der Waals surface area contributed by atoms with Crippen molar-refractivity contribution < 1.29 is 4.74 Å². The summed E-state index contributed by atoms with van der Waals surface area (Å²) < 4.78 is 6.58. The molecule has 0 aliphatic heterocycles. The van der Waals surface area contributed by atoms with E-state index in [4.69, 9.17) is 4.74 Å². The summed E-state index contributed by atoms with van der Waals surface area (Å²) in [6, 6.07) is 13.0. The van der Waals surface area contributed by atoms with Crippen LogP contribution in [0.5, 0.6) is 5.75 Å². The van der Waals surface area contributed by atoms with Crippen molar-refractivity contribution in [3.63, 3.8) is 0 Å². The second-order valence-electron chi connectivity index (χ2n) is 4.13. The van der Waals surface area contributed by atoms with Gasteiger partial charge in [0.2, 0.25) is 0 Å². The van der Waals surface area contributed by atoms with Crippen molar-refractivity contribution in [2.75, 3.05) is 19.4 Å². The molecule has 102 valence electrons. The Balaban J connectivity index is 2.01. The molecule has 0 bridgehead atoms. The molecule has 0 radical (unpaired) electrons. The molecule has 0 aliphatic rings. The Labute approximate surface area is 123 Å². The Morgan fingerprint density at radius 3 is 2.63 bits per heavy atom. The number of ether oxygens (including phenoxy) is 1. The molecule has 4 heteroatoms. The average Bonchev–Trinajstić information content (AvgIpc) is 2.97. The number of nitrogens with one attached hydrogen (secondary N) is 1. The van der Waals surface area contributed by atoms with Crippen molar-refractivity contribution in [2.24, 2.45) is 0 Å². The highest BCUT2D eigenvalue weighted by molar-refractivity contribution is 8.01. The summed E-state index contributed by atoms with van der Waals surface area (Å²) in [7, 11) is 1.70. The van der Waals surface area contributed by atoms with Crippen LogP contribution in [0.15, 0.2) is 46.0 Å². The molecule has 2 rings (SSSR count). The molecule has 0 saturated heterocycles. The topological polar surface area (TPSA) is 21.3 Å². The van der Waals surface area contributed by atoms with Gasteiger partial charge in [0.25, 0.3) is 0 Å². The van der Waals surface area contributed by atoms with Crippen molar-refractivity contribution >= 4 is 23.1 Å². The first-order valence-corrected chi connectivity index (χ1v) is 8.23. The highest BCUT2D eigenvalue weighted by Crippen LogP contribution is 2.28. The molecule has 2 aromatic rings. The second kappa shape index (κ2) is 7.58. The maximum absolute atomic E-state index is 5.20. The lowest BCUT2D eigenvalue weighted by Crippen LogP contribution is -2.22. The Morgan fingerprint density at radius 2 is 2.05 bits per heavy atom. The number of methoxy groups -OCH3 is 1. The van der Waals surface area contributed by atoms with Crippen LogP contribution < -0.4 is 10.1 Å². The third-order valence-corrected chi connectivity index (χ3v) is 5.08. The van der Waals surface area contributed by atoms with Gasteiger partial charge in [-0.05, 0) is 35.7 Å². The number of hydrogen-bond donors (Lipinski definition) is 1. The lowest BCUT2D eigenvalue weighted by atomic mass is 10.1. The number of thiophene rings is 1. The van der Waals surface area contributed by atoms with Crippen LogP contribution in [-0.2, 0) is 0 Å². The van der Waals surface area contributed by atoms with Crippen molar-refractivity contribution in [3.05, 3.63) is 47.3 Å². The number of benzene rings is 1. The highest BCUT2D eigenvalue weighted by Gasteiger charge is 2.11. The Kier molecular flexibility index (Phi) is 5.76. The molecule has 2 nitrogen and oxygen atoms in total. The van der Waals surface area contributed by atoms with E-state index in [2.05, 4.69) is 41.9 Å². The van der Waals surface area contributed by atoms with Crippen LogP contribution in [0, 0.1) is 0 Å². The summed E-state index contributed by atoms with van der Waals surface area (Å²) in [5.74, 6) is 1.95. The summed E-state index contributed by atoms with van der Waals surface area (Å²) in [6.07, 6.45) is 0. The van der Waals surface area contributed by atoms with Crippen LogP contribution >= 0.6 is 23.1 Å². The number of hydrogen-bond acceptors (Lipinski definition) is 4. The third kappa shape index (κ3) is 4.27. The molecule has 1 aromatic carbocycles. The van der Waals surface area contributed by atoms with Gasteiger partial charge in [-0.15, -0.1) is 23.1 Å². The van der Waals surface area contributed by atoms with Gasteiger partial charge < -0.3 is 10.1 Å². The predicted molar refractivity (Wildman–Crippen MR) is 84.5 cm³/mol. The quantitative estimate of drug-likeness (QED) is 0.773. The standard InChI is InChI=1S/C15H19NOS2/c1-3-16-14(11-19-15-5-4-10-18-15)12-6-8-13(17-2)9-7-12/h4-10,14,16H,3,11H2,1-2H3. The van der Waals surface area contributed by atoms with Crippen molar-refractivity contribution in [1.29, 1.82) is 0 Å². The Morgan fingerprint density at radius 1 is 1.26 bits per heavy atom. The van der Waals surface area contributed by atoms with E-state index in [0.29, 0.717) is 6.04 Å². The Bertz CT molecular complexity index is 467. The van der Waals surface area contributed by atoms with E-state index in [1.165, 1.54) is 9.77 Å². The molecule has 0 amide bonds. The average molecular weight is 293 g/mol. The van der Waals surface area contributed by atoms with Crippen molar-refractivity contribution in [1.82, 2.24) is 5.32 Å². The number of thioether (sulfide) groups is 1. The summed E-state index contributed by atoms with van der Waals surface area (Å²) in [4.78, 5) is 0. The van der Waals surface area contributed by atoms with Gasteiger partial charge in [0.15, 0.2) is 0 Å². The second-order valence-corrected chi connectivity index (χ2v) is 6.39. The van der Waals surface area contributed by atoms with E-state index in [-0.39, 0.29) is 0 Å². The van der Waals surface area contributed by atoms with Crippen LogP contribution in [0.3, 0.4) is 0 Å². The minimum absolute atomic E-state index is 0.378. The minimum Gasteiger partial charge on any atom is -0.497 e. The fourth-order valence-corrected chi connectivity index (χ4v) is 3.77. The van der Waals surface area contributed by atoms with Gasteiger partial charge >= 0.3 is 0 Å². The molecule has 1 heterocycles. The van der Waals surface area contributed by atoms with E-state index in [1.807, 2.05) is 23.9 Å². The SMILES string of the molecule is CCNC(CSc1cccs1)c1ccc(OC)cc1. The highest BCUT2D eigenvalue weighted by atomic mass is 32.2. The summed E-state index contributed by atoms with van der Waals surface area (Å²) >= 11 is 3.70. The minimum atomic E-state index is 0.378. The van der Waals surface area contributed by atoms with Gasteiger partial charge in [-0.2, -0.15) is 0 Å². The van der Waals surface area contributed by atoms with Gasteiger partial charge in [0, 0.05) is 11.8 Å². The maximum atomic E-state index is 5.20. The third-order valence-electron chi connectivity index (χ3n) is 2.86. The lowest BCUT2D eigenvalue weighted by molar-refractivity contribution is 0.414. The van der Waals surface area contributed by atoms with Gasteiger partial charge in [0.05, 0.1) is 11.3 Å². The smallest absolute Gasteiger partial charge is 0.118 e. The largest absolute Gasteiger partial charge is 0.497 e. The molecule has 19 heavy (non-hydrogen) atoms. The number of rotatable bonds is 7. The molecule has 1 aromatic heterocycles. The zero-order chi connectivity index (χ0) is 13.5. The predicted octanol–water partition coefficient (Wildman–Crippen LogP) is 4.20. The first kappa shape index (κ1) is 14.4. The Hall–Kier alpha value is -0.970. The maximum Gasteiger partial charge on any atom is 0.118 e. The summed E-state index contributed by atoms with van der Waals surface area (Å²) in [5, 5.41) is 5.66. The normalized spacial score (nSPS) is 12.3. The van der Waals surface area contributed by atoms with Crippen LogP contribution in [0.4, 0.5) is 0 Å². The molecular formula is C15H19NOS2. The zero-order valence-corrected chi connectivity index (χ0v) is 12.9. The molecule has 0 saturated carbocycles. The first-order chi connectivity index (χ1) is 9.33. The molecule has 1 unspecified atom stereocenters. The monoisotopic (exact) mass is 293 g/mol. The zero-order valence-electron chi connectivity index (χ0n) is 11.3. The van der Waals surface area contributed by atoms with Gasteiger partial charge in [-0.1, -0.05) is 25.1 Å². The van der Waals surface area contributed by atoms with Crippen LogP contribution in [0.1, 0.15) is 18.5 Å². The van der Waals surface area contributed by atoms with Crippen LogP contribution in [0.2, 0.25) is 0 Å². The molecule has 0 aliphatic carbocycles. The van der Waals surface area contributed by atoms with E-state index < -0.39 is 0 Å². The first-order valence-electron chi connectivity index (χ1n) is 6.37. The molecule has 0 spiro atoms. The van der Waals surface area contributed by atoms with Crippen molar-refractivity contribution in [3.8, 4) is 5.75 Å². The van der Waals surface area contributed by atoms with E-state index >= 15 is 0 Å². The van der Waals surface area contributed by atoms with Crippen LogP contribution in [-0.4, -0.2) is 19.4 Å². The molecular weight excluding hydrogens is 274 g/mol. The fraction of sp³-hybridized carbons (Fsp3) is 0.333. The molecule has 1 N–H and O–H groups in total.